The van der Waals surface area contributed by atoms with E-state index in [4.69, 9.17) is 43.0 Å². The summed E-state index contributed by atoms with van der Waals surface area (Å²) in [7, 11) is 0. The minimum atomic E-state index is -0.604. The van der Waals surface area contributed by atoms with Gasteiger partial charge in [0, 0.05) is 76.1 Å². The minimum Gasteiger partial charge on any atom is -0.443 e. The molecule has 9 N–H and O–H groups in total. The van der Waals surface area contributed by atoms with Crippen molar-refractivity contribution in [1.29, 1.82) is 0 Å². The molecule has 77 heavy (non-hydrogen) atoms. The summed E-state index contributed by atoms with van der Waals surface area (Å²) in [5.74, 6) is -0.471. The third-order valence-corrected chi connectivity index (χ3v) is 15.4. The van der Waals surface area contributed by atoms with Crippen molar-refractivity contribution < 1.29 is 28.5 Å². The van der Waals surface area contributed by atoms with Crippen LogP contribution in [0, 0.1) is 5.82 Å². The van der Waals surface area contributed by atoms with Gasteiger partial charge in [-0.25, -0.2) is 28.8 Å². The number of nitrogens with one attached hydrogen (secondary N) is 2. The van der Waals surface area contributed by atoms with Gasteiger partial charge in [0.05, 0.1) is 40.8 Å². The minimum absolute atomic E-state index is 0.0358. The summed E-state index contributed by atoms with van der Waals surface area (Å²) in [6.07, 6.45) is 10.6. The summed E-state index contributed by atoms with van der Waals surface area (Å²) < 4.78 is 36.1. The maximum absolute atomic E-state index is 15.2. The number of rotatable bonds is 17. The number of nitrogens with zero attached hydrogens (tertiary/aromatic N) is 6. The average molecular weight is 1180 g/mol. The summed E-state index contributed by atoms with van der Waals surface area (Å²) in [5.41, 5.74) is 20.6. The third-order valence-electron chi connectivity index (χ3n) is 13.1. The van der Waals surface area contributed by atoms with E-state index in [1.807, 2.05) is 87.0 Å². The highest BCUT2D eigenvalue weighted by Gasteiger charge is 2.39. The Morgan fingerprint density at radius 3 is 2.34 bits per heavy atom. The number of aliphatic hydroxyl groups is 1. The number of H-pyrrole nitrogens is 1. The lowest BCUT2D eigenvalue weighted by molar-refractivity contribution is -0.0679. The second kappa shape index (κ2) is 26.2. The van der Waals surface area contributed by atoms with Crippen LogP contribution >= 0.6 is 50.2 Å². The summed E-state index contributed by atoms with van der Waals surface area (Å²) in [4.78, 5) is 48.2. The number of nitrogens with two attached hydrogens (primary N) is 3. The van der Waals surface area contributed by atoms with Crippen molar-refractivity contribution in [3.8, 4) is 16.9 Å². The fourth-order valence-corrected chi connectivity index (χ4v) is 11.4. The fourth-order valence-electron chi connectivity index (χ4n) is 9.58. The molecule has 410 valence electrons. The van der Waals surface area contributed by atoms with Gasteiger partial charge in [0.25, 0.3) is 0 Å². The summed E-state index contributed by atoms with van der Waals surface area (Å²) in [6, 6.07) is 21.0. The van der Waals surface area contributed by atoms with Gasteiger partial charge in [0.1, 0.15) is 11.2 Å². The first-order valence-corrected chi connectivity index (χ1v) is 28.6. The fraction of sp³-hybridized carbons (Fsp3) is 0.418. The molecule has 2 fully saturated rings. The SMILES string of the molecule is CC(C)(C)OC(=O)N(c1nccs1)[C@@H]1C[C@@H](CCO)O[C@H](c2ccc(Br)cc2)C1.C[C@H](N)CCCc1cc(Cl)c(F)c(-c2cc3cn(-c4ccc([C@@H]5C[C@H](Nc6nccs6)C[C@@H](CCN=C(N)N)O5)cc4)c(=O)nc3[nH]2)c1. The Balaban J connectivity index is 0.000000231. The number of carbonyl (C=O) groups excluding carboxylic acids is 1. The van der Waals surface area contributed by atoms with E-state index in [1.54, 1.807) is 53.0 Å². The van der Waals surface area contributed by atoms with E-state index >= 15 is 4.39 Å². The molecule has 0 aliphatic carbocycles. The number of amides is 1. The predicted molar refractivity (Wildman–Crippen MR) is 308 cm³/mol. The van der Waals surface area contributed by atoms with E-state index in [1.165, 1.54) is 15.9 Å². The van der Waals surface area contributed by atoms with E-state index in [-0.39, 0.29) is 60.1 Å². The number of hydrogen-bond donors (Lipinski definition) is 6. The molecule has 0 bridgehead atoms. The van der Waals surface area contributed by atoms with Crippen LogP contribution < -0.4 is 33.1 Å². The van der Waals surface area contributed by atoms with E-state index in [2.05, 4.69) is 46.2 Å². The van der Waals surface area contributed by atoms with Gasteiger partial charge in [-0.1, -0.05) is 51.8 Å². The van der Waals surface area contributed by atoms with E-state index in [9.17, 15) is 14.7 Å². The molecule has 17 nitrogen and oxygen atoms in total. The predicted octanol–water partition coefficient (Wildman–Crippen LogP) is 11.0. The van der Waals surface area contributed by atoms with Crippen LogP contribution in [0.5, 0.6) is 0 Å². The number of carbonyl (C=O) groups is 1. The maximum Gasteiger partial charge on any atom is 0.416 e. The highest BCUT2D eigenvalue weighted by Crippen LogP contribution is 2.39. The molecule has 7 atom stereocenters. The van der Waals surface area contributed by atoms with E-state index in [0.717, 1.165) is 58.4 Å². The van der Waals surface area contributed by atoms with Crippen molar-refractivity contribution in [3.63, 3.8) is 0 Å². The number of fused-ring (bicyclic) bond motifs is 1. The van der Waals surface area contributed by atoms with Gasteiger partial charge < -0.3 is 46.8 Å². The smallest absolute Gasteiger partial charge is 0.416 e. The second-order valence-corrected chi connectivity index (χ2v) is 23.5. The van der Waals surface area contributed by atoms with Crippen molar-refractivity contribution >= 4 is 83.6 Å². The molecule has 0 radical (unpaired) electrons. The first kappa shape index (κ1) is 57.4. The summed E-state index contributed by atoms with van der Waals surface area (Å²) in [6.45, 7) is 8.04. The highest BCUT2D eigenvalue weighted by atomic mass is 79.9. The second-order valence-electron chi connectivity index (χ2n) is 20.4. The number of halogens is 3. The van der Waals surface area contributed by atoms with Crippen molar-refractivity contribution in [2.24, 2.45) is 22.2 Å². The van der Waals surface area contributed by atoms with Crippen LogP contribution in [-0.4, -0.2) is 90.7 Å². The van der Waals surface area contributed by atoms with Crippen LogP contribution in [0.1, 0.15) is 108 Å². The van der Waals surface area contributed by atoms with Gasteiger partial charge in [-0.05, 0) is 145 Å². The molecule has 0 saturated carbocycles. The number of aromatic amines is 1. The van der Waals surface area contributed by atoms with Gasteiger partial charge in [0.2, 0.25) is 0 Å². The molecule has 2 aliphatic heterocycles. The van der Waals surface area contributed by atoms with Crippen LogP contribution in [0.25, 0.3) is 28.0 Å². The Morgan fingerprint density at radius 1 is 1.00 bits per heavy atom. The van der Waals surface area contributed by atoms with Crippen LogP contribution in [0.15, 0.2) is 110 Å². The van der Waals surface area contributed by atoms with Gasteiger partial charge in [0.15, 0.2) is 22.0 Å². The third kappa shape index (κ3) is 15.7. The maximum atomic E-state index is 15.2. The molecule has 3 aromatic carbocycles. The Bertz CT molecular complexity index is 3120. The Kier molecular flexibility index (Phi) is 19.6. The lowest BCUT2D eigenvalue weighted by Gasteiger charge is -2.40. The number of aromatic nitrogens is 5. The molecule has 2 saturated heterocycles. The summed E-state index contributed by atoms with van der Waals surface area (Å²) in [5, 5.41) is 19.0. The standard InChI is InChI=1S/C34H39ClFN9O2S.C21H27BrN2O4S/c1-19(37)3-2-4-20-13-26(30(36)27(35)14-20)28-15-22-18-45(34(46)44-31(22)43-28)24-7-5-21(6-8-24)29-17-23(42-33-41-11-12-48-33)16-25(47-29)9-10-40-32(38)39;1-21(2,3)28-20(26)24(19-23-9-11-29-19)16-12-17(8-10-25)27-18(13-16)14-4-6-15(22)7-5-14/h5-8,11-15,18-19,23,25,29H,2-4,9-10,16-17,37H2,1H3,(H,41,42)(H4,38,39,40)(H,43,44,46);4-7,9,11,16-18,25H,8,10,12-13H2,1-3H3/t19-,23+,25+,29-;16-,17-,18+/m01/s1. The average Bonchev–Trinajstić information content (AvgIpc) is 4.20. The zero-order valence-corrected chi connectivity index (χ0v) is 47.4. The monoisotopic (exact) mass is 1170 g/mol. The number of benzene rings is 3. The van der Waals surface area contributed by atoms with Crippen molar-refractivity contribution in [2.75, 3.05) is 23.4 Å². The number of guanidine groups is 1. The van der Waals surface area contributed by atoms with Crippen LogP contribution in [0.2, 0.25) is 5.02 Å². The molecule has 0 spiro atoms. The van der Waals surface area contributed by atoms with Gasteiger partial charge in [-0.15, -0.1) is 22.7 Å². The zero-order chi connectivity index (χ0) is 54.8. The molecule has 4 aromatic heterocycles. The number of hydrogen-bond acceptors (Lipinski definition) is 14. The van der Waals surface area contributed by atoms with Crippen molar-refractivity contribution in [3.05, 3.63) is 139 Å². The molecule has 1 amide bonds. The van der Waals surface area contributed by atoms with Gasteiger partial charge in [-0.3, -0.25) is 9.56 Å². The summed E-state index contributed by atoms with van der Waals surface area (Å²) >= 11 is 12.7. The Morgan fingerprint density at radius 2 is 1.69 bits per heavy atom. The molecular weight excluding hydrogens is 1110 g/mol. The van der Waals surface area contributed by atoms with E-state index < -0.39 is 23.2 Å². The lowest BCUT2D eigenvalue weighted by atomic mass is 9.92. The number of ether oxygens (including phenoxy) is 3. The van der Waals surface area contributed by atoms with Crippen molar-refractivity contribution in [1.82, 2.24) is 24.5 Å². The van der Waals surface area contributed by atoms with Crippen LogP contribution in [0.4, 0.5) is 19.4 Å². The lowest BCUT2D eigenvalue weighted by Crippen LogP contribution is -2.48. The normalized spacial score (nSPS) is 20.0. The molecule has 7 aromatic rings. The van der Waals surface area contributed by atoms with Crippen LogP contribution in [-0.2, 0) is 20.6 Å². The number of aryl methyl sites for hydroxylation is 1. The molecule has 9 rings (SSSR count). The molecule has 22 heteroatoms. The molecular formula is C55H66BrClFN11O6S2. The van der Waals surface area contributed by atoms with Gasteiger partial charge >= 0.3 is 11.8 Å². The van der Waals surface area contributed by atoms with Crippen molar-refractivity contribution in [2.45, 2.75) is 134 Å². The largest absolute Gasteiger partial charge is 0.443 e. The van der Waals surface area contributed by atoms with Gasteiger partial charge in [-0.2, -0.15) is 4.98 Å². The molecule has 0 unspecified atom stereocenters. The number of thiazole rings is 2. The molecule has 2 aliphatic rings. The Hall–Kier alpha value is -5.78. The topological polar surface area (TPSA) is 247 Å². The molecule has 6 heterocycles. The highest BCUT2D eigenvalue weighted by molar-refractivity contribution is 9.10. The first-order chi connectivity index (χ1) is 36.9. The number of anilines is 2. The van der Waals surface area contributed by atoms with E-state index in [0.29, 0.717) is 65.3 Å². The van der Waals surface area contributed by atoms with Crippen LogP contribution in [0.3, 0.4) is 0 Å². The Labute approximate surface area is 468 Å². The first-order valence-electron chi connectivity index (χ1n) is 25.7. The zero-order valence-electron chi connectivity index (χ0n) is 43.4. The quantitative estimate of drug-likeness (QED) is 0.0367. The number of aliphatic imine (C=N–C) groups is 1. The number of aliphatic hydroxyl groups excluding tert-OH is 1.